The van der Waals surface area contributed by atoms with Gasteiger partial charge >= 0.3 is 0 Å². The Labute approximate surface area is 113 Å². The summed E-state index contributed by atoms with van der Waals surface area (Å²) < 4.78 is 10.8. The van der Waals surface area contributed by atoms with Crippen LogP contribution in [0.5, 0.6) is 5.75 Å². The Morgan fingerprint density at radius 2 is 1.95 bits per heavy atom. The van der Waals surface area contributed by atoms with Gasteiger partial charge in [-0.15, -0.1) is 0 Å². The van der Waals surface area contributed by atoms with Crippen LogP contribution in [0.1, 0.15) is 28.5 Å². The predicted octanol–water partition coefficient (Wildman–Crippen LogP) is 2.29. The highest BCUT2D eigenvalue weighted by Crippen LogP contribution is 2.23. The second kappa shape index (κ2) is 5.84. The first-order valence-electron chi connectivity index (χ1n) is 6.23. The average molecular weight is 261 g/mol. The molecule has 0 aromatic carbocycles. The van der Waals surface area contributed by atoms with Crippen molar-refractivity contribution in [2.24, 2.45) is 0 Å². The third-order valence-electron chi connectivity index (χ3n) is 2.99. The zero-order valence-corrected chi connectivity index (χ0v) is 11.8. The van der Waals surface area contributed by atoms with Crippen LogP contribution in [-0.4, -0.2) is 17.1 Å². The van der Waals surface area contributed by atoms with Crippen molar-refractivity contribution in [2.45, 2.75) is 33.9 Å². The molecule has 2 heterocycles. The highest BCUT2D eigenvalue weighted by atomic mass is 16.5. The quantitative estimate of drug-likeness (QED) is 0.894. The summed E-state index contributed by atoms with van der Waals surface area (Å²) in [5, 5.41) is 3.27. The molecule has 5 nitrogen and oxygen atoms in total. The molecule has 0 saturated heterocycles. The van der Waals surface area contributed by atoms with Crippen LogP contribution in [0.15, 0.2) is 16.8 Å². The van der Waals surface area contributed by atoms with Gasteiger partial charge in [-0.05, 0) is 20.8 Å². The van der Waals surface area contributed by atoms with Gasteiger partial charge in [0.05, 0.1) is 25.5 Å². The topological polar surface area (TPSA) is 60.2 Å². The number of oxazole rings is 1. The van der Waals surface area contributed by atoms with E-state index in [1.807, 2.05) is 27.0 Å². The summed E-state index contributed by atoms with van der Waals surface area (Å²) in [6.07, 6.45) is 3.55. The van der Waals surface area contributed by atoms with Crippen LogP contribution in [0.3, 0.4) is 0 Å². The summed E-state index contributed by atoms with van der Waals surface area (Å²) >= 11 is 0. The fourth-order valence-electron chi connectivity index (χ4n) is 2.02. The number of aromatic nitrogens is 2. The monoisotopic (exact) mass is 261 g/mol. The molecule has 0 aliphatic carbocycles. The summed E-state index contributed by atoms with van der Waals surface area (Å²) in [5.74, 6) is 2.41. The highest BCUT2D eigenvalue weighted by molar-refractivity contribution is 5.40. The van der Waals surface area contributed by atoms with Gasteiger partial charge in [-0.3, -0.25) is 4.98 Å². The second-order valence-electron chi connectivity index (χ2n) is 4.51. The fraction of sp³-hybridized carbons (Fsp3) is 0.429. The average Bonchev–Trinajstić information content (AvgIpc) is 2.79. The first kappa shape index (κ1) is 13.5. The highest BCUT2D eigenvalue weighted by Gasteiger charge is 2.09. The molecular weight excluding hydrogens is 242 g/mol. The van der Waals surface area contributed by atoms with Gasteiger partial charge in [0.1, 0.15) is 11.5 Å². The van der Waals surface area contributed by atoms with Crippen LogP contribution in [0, 0.1) is 20.8 Å². The largest absolute Gasteiger partial charge is 0.496 e. The summed E-state index contributed by atoms with van der Waals surface area (Å²) in [7, 11) is 1.68. The minimum atomic E-state index is 0.588. The van der Waals surface area contributed by atoms with Crippen LogP contribution in [-0.2, 0) is 13.1 Å². The van der Waals surface area contributed by atoms with Crippen molar-refractivity contribution >= 4 is 0 Å². The summed E-state index contributed by atoms with van der Waals surface area (Å²) in [5.41, 5.74) is 3.09. The maximum Gasteiger partial charge on any atom is 0.208 e. The predicted molar refractivity (Wildman–Crippen MR) is 72.0 cm³/mol. The lowest BCUT2D eigenvalue weighted by atomic mass is 10.1. The molecule has 2 rings (SSSR count). The number of hydrogen-bond donors (Lipinski definition) is 1. The van der Waals surface area contributed by atoms with Crippen molar-refractivity contribution in [3.05, 3.63) is 40.9 Å². The molecule has 102 valence electrons. The number of hydrogen-bond acceptors (Lipinski definition) is 5. The number of nitrogens with zero attached hydrogens (tertiary/aromatic N) is 2. The maximum atomic E-state index is 5.40. The van der Waals surface area contributed by atoms with E-state index in [4.69, 9.17) is 9.15 Å². The van der Waals surface area contributed by atoms with Crippen molar-refractivity contribution in [1.29, 1.82) is 0 Å². The van der Waals surface area contributed by atoms with E-state index >= 15 is 0 Å². The first-order chi connectivity index (χ1) is 9.11. The van der Waals surface area contributed by atoms with Gasteiger partial charge in [-0.25, -0.2) is 4.98 Å². The van der Waals surface area contributed by atoms with E-state index < -0.39 is 0 Å². The Hall–Kier alpha value is -1.88. The molecule has 0 unspecified atom stereocenters. The van der Waals surface area contributed by atoms with Gasteiger partial charge < -0.3 is 14.5 Å². The van der Waals surface area contributed by atoms with Gasteiger partial charge in [0.15, 0.2) is 0 Å². The smallest absolute Gasteiger partial charge is 0.208 e. The zero-order valence-electron chi connectivity index (χ0n) is 11.8. The van der Waals surface area contributed by atoms with Crippen molar-refractivity contribution in [3.63, 3.8) is 0 Å². The lowest BCUT2D eigenvalue weighted by Gasteiger charge is -2.12. The lowest BCUT2D eigenvalue weighted by molar-refractivity contribution is 0.406. The maximum absolute atomic E-state index is 5.40. The second-order valence-corrected chi connectivity index (χ2v) is 4.51. The number of rotatable bonds is 5. The SMILES string of the molecule is COc1c(C)cnc(CNCc2ncc(C)o2)c1C. The molecule has 0 bridgehead atoms. The molecule has 1 N–H and O–H groups in total. The van der Waals surface area contributed by atoms with Crippen LogP contribution >= 0.6 is 0 Å². The Bertz CT molecular complexity index is 564. The molecule has 0 atom stereocenters. The molecule has 0 aliphatic heterocycles. The van der Waals surface area contributed by atoms with E-state index in [1.54, 1.807) is 13.3 Å². The Morgan fingerprint density at radius 1 is 1.16 bits per heavy atom. The van der Waals surface area contributed by atoms with Gasteiger partial charge in [0, 0.05) is 23.9 Å². The van der Waals surface area contributed by atoms with Gasteiger partial charge in [-0.1, -0.05) is 0 Å². The van der Waals surface area contributed by atoms with E-state index in [0.717, 1.165) is 28.3 Å². The molecule has 2 aromatic rings. The van der Waals surface area contributed by atoms with E-state index in [9.17, 15) is 0 Å². The van der Waals surface area contributed by atoms with Crippen molar-refractivity contribution in [2.75, 3.05) is 7.11 Å². The van der Waals surface area contributed by atoms with E-state index in [2.05, 4.69) is 15.3 Å². The summed E-state index contributed by atoms with van der Waals surface area (Å²) in [6, 6.07) is 0. The number of aryl methyl sites for hydroxylation is 2. The normalized spacial score (nSPS) is 10.7. The molecule has 5 heteroatoms. The van der Waals surface area contributed by atoms with Crippen LogP contribution < -0.4 is 10.1 Å². The molecule has 0 spiro atoms. The van der Waals surface area contributed by atoms with Crippen LogP contribution in [0.25, 0.3) is 0 Å². The number of ether oxygens (including phenoxy) is 1. The van der Waals surface area contributed by atoms with Gasteiger partial charge in [0.25, 0.3) is 0 Å². The Morgan fingerprint density at radius 3 is 2.58 bits per heavy atom. The number of nitrogens with one attached hydrogen (secondary N) is 1. The van der Waals surface area contributed by atoms with Crippen molar-refractivity contribution in [1.82, 2.24) is 15.3 Å². The van der Waals surface area contributed by atoms with Crippen molar-refractivity contribution in [3.8, 4) is 5.75 Å². The van der Waals surface area contributed by atoms with Gasteiger partial charge in [-0.2, -0.15) is 0 Å². The van der Waals surface area contributed by atoms with Crippen LogP contribution in [0.2, 0.25) is 0 Å². The fourth-order valence-corrected chi connectivity index (χ4v) is 2.02. The molecule has 0 aliphatic rings. The number of methoxy groups -OCH3 is 1. The molecular formula is C14H19N3O2. The van der Waals surface area contributed by atoms with Crippen LogP contribution in [0.4, 0.5) is 0 Å². The lowest BCUT2D eigenvalue weighted by Crippen LogP contribution is -2.15. The van der Waals surface area contributed by atoms with E-state index in [1.165, 1.54) is 0 Å². The minimum Gasteiger partial charge on any atom is -0.496 e. The molecule has 0 saturated carbocycles. The zero-order chi connectivity index (χ0) is 13.8. The molecule has 2 aromatic heterocycles. The molecule has 0 fully saturated rings. The Balaban J connectivity index is 2.00. The van der Waals surface area contributed by atoms with Gasteiger partial charge in [0.2, 0.25) is 5.89 Å². The summed E-state index contributed by atoms with van der Waals surface area (Å²) in [4.78, 5) is 8.57. The van der Waals surface area contributed by atoms with Crippen molar-refractivity contribution < 1.29 is 9.15 Å². The minimum absolute atomic E-state index is 0.588. The van der Waals surface area contributed by atoms with E-state index in [0.29, 0.717) is 19.0 Å². The first-order valence-corrected chi connectivity index (χ1v) is 6.23. The molecule has 0 amide bonds. The van der Waals surface area contributed by atoms with E-state index in [-0.39, 0.29) is 0 Å². The Kier molecular flexibility index (Phi) is 4.16. The number of pyridine rings is 1. The molecule has 19 heavy (non-hydrogen) atoms. The third kappa shape index (κ3) is 3.12. The standard InChI is InChI=1S/C14H19N3O2/c1-9-5-16-12(11(3)14(9)18-4)7-15-8-13-17-6-10(2)19-13/h5-6,15H,7-8H2,1-4H3. The summed E-state index contributed by atoms with van der Waals surface area (Å²) in [6.45, 7) is 7.14. The third-order valence-corrected chi connectivity index (χ3v) is 2.99. The molecule has 0 radical (unpaired) electrons.